The minimum absolute atomic E-state index is 0.381. The Labute approximate surface area is 235 Å². The molecule has 0 spiro atoms. The molecule has 194 valence electrons. The Bertz CT molecular complexity index is 1400. The van der Waals surface area contributed by atoms with E-state index in [1.807, 2.05) is 72.8 Å². The number of hydrogen-bond donors (Lipinski definition) is 0. The van der Waals surface area contributed by atoms with Crippen LogP contribution in [0.15, 0.2) is 127 Å². The Morgan fingerprint density at radius 2 is 0.725 bits per heavy atom. The van der Waals surface area contributed by atoms with E-state index in [0.717, 1.165) is 22.3 Å². The van der Waals surface area contributed by atoms with Crippen LogP contribution in [0.2, 0.25) is 0 Å². The summed E-state index contributed by atoms with van der Waals surface area (Å²) in [5, 5.41) is 20.4. The quantitative estimate of drug-likeness (QED) is 0.195. The highest BCUT2D eigenvalue weighted by Crippen LogP contribution is 2.30. The molecule has 0 amide bonds. The second-order valence-corrected chi connectivity index (χ2v) is 9.61. The summed E-state index contributed by atoms with van der Waals surface area (Å²) in [5.41, 5.74) is 5.21. The van der Waals surface area contributed by atoms with E-state index in [-0.39, 0.29) is 0 Å². The molecule has 0 aliphatic heterocycles. The zero-order valence-corrected chi connectivity index (χ0v) is 22.2. The average molecular weight is 520 g/mol. The van der Waals surface area contributed by atoms with Crippen LogP contribution in [-0.2, 0) is 26.2 Å². The smallest absolute Gasteiger partial charge is 0.149 e. The molecular formula is C35H29N5. The van der Waals surface area contributed by atoms with Crippen molar-refractivity contribution in [3.8, 4) is 12.1 Å². The molecule has 5 heteroatoms. The molecule has 0 saturated heterocycles. The summed E-state index contributed by atoms with van der Waals surface area (Å²) in [4.78, 5) is 9.35. The maximum Gasteiger partial charge on any atom is 0.149 e. The maximum atomic E-state index is 10.2. The minimum atomic E-state index is 0.381. The van der Waals surface area contributed by atoms with Crippen LogP contribution in [0.25, 0.3) is 0 Å². The highest BCUT2D eigenvalue weighted by molar-refractivity contribution is 5.66. The Hall–Kier alpha value is -5.39. The number of anilines is 2. The monoisotopic (exact) mass is 519 g/mol. The third-order valence-electron chi connectivity index (χ3n) is 6.69. The van der Waals surface area contributed by atoms with Crippen LogP contribution < -0.4 is 9.80 Å². The van der Waals surface area contributed by atoms with Gasteiger partial charge in [-0.1, -0.05) is 121 Å². The lowest BCUT2D eigenvalue weighted by molar-refractivity contribution is 0.756. The average Bonchev–Trinajstić information content (AvgIpc) is 3.02. The van der Waals surface area contributed by atoms with Crippen LogP contribution >= 0.6 is 0 Å². The first-order valence-electron chi connectivity index (χ1n) is 13.2. The SMILES string of the molecule is N#Cc1cc(C#N)c(N(Cc2ccccc2)Cc2ccccc2)nc1N(Cc1ccccc1)Cc1ccccc1. The molecule has 0 N–H and O–H groups in total. The number of nitriles is 2. The lowest BCUT2D eigenvalue weighted by Gasteiger charge is -2.29. The maximum absolute atomic E-state index is 10.2. The fourth-order valence-electron chi connectivity index (χ4n) is 4.77. The van der Waals surface area contributed by atoms with E-state index in [9.17, 15) is 10.5 Å². The van der Waals surface area contributed by atoms with E-state index in [1.165, 1.54) is 0 Å². The zero-order chi connectivity index (χ0) is 27.6. The van der Waals surface area contributed by atoms with E-state index in [1.54, 1.807) is 6.07 Å². The summed E-state index contributed by atoms with van der Waals surface area (Å²) in [6, 6.07) is 47.0. The van der Waals surface area contributed by atoms with Crippen molar-refractivity contribution >= 4 is 11.6 Å². The zero-order valence-electron chi connectivity index (χ0n) is 22.2. The van der Waals surface area contributed by atoms with Crippen LogP contribution in [0.4, 0.5) is 11.6 Å². The fourth-order valence-corrected chi connectivity index (χ4v) is 4.77. The van der Waals surface area contributed by atoms with Crippen LogP contribution in [-0.4, -0.2) is 4.98 Å². The normalized spacial score (nSPS) is 10.3. The Kier molecular flexibility index (Phi) is 8.47. The summed E-state index contributed by atoms with van der Waals surface area (Å²) in [5.74, 6) is 1.13. The molecule has 4 aromatic carbocycles. The van der Waals surface area contributed by atoms with Gasteiger partial charge in [-0.3, -0.25) is 0 Å². The van der Waals surface area contributed by atoms with Crippen molar-refractivity contribution in [3.63, 3.8) is 0 Å². The molecule has 1 aromatic heterocycles. The molecular weight excluding hydrogens is 490 g/mol. The van der Waals surface area contributed by atoms with Gasteiger partial charge in [0.05, 0.1) is 11.1 Å². The van der Waals surface area contributed by atoms with Crippen molar-refractivity contribution in [2.24, 2.45) is 0 Å². The van der Waals surface area contributed by atoms with Gasteiger partial charge in [0, 0.05) is 26.2 Å². The summed E-state index contributed by atoms with van der Waals surface area (Å²) in [6.07, 6.45) is 0. The number of benzene rings is 4. The Morgan fingerprint density at radius 1 is 0.450 bits per heavy atom. The van der Waals surface area contributed by atoms with Crippen LogP contribution in [0.3, 0.4) is 0 Å². The van der Waals surface area contributed by atoms with Gasteiger partial charge in [0.15, 0.2) is 0 Å². The summed E-state index contributed by atoms with van der Waals surface area (Å²) in [6.45, 7) is 2.28. The number of pyridine rings is 1. The highest BCUT2D eigenvalue weighted by Gasteiger charge is 2.22. The van der Waals surface area contributed by atoms with Crippen molar-refractivity contribution in [2.75, 3.05) is 9.80 Å². The molecule has 0 bridgehead atoms. The van der Waals surface area contributed by atoms with E-state index < -0.39 is 0 Å². The third kappa shape index (κ3) is 6.54. The largest absolute Gasteiger partial charge is 0.347 e. The minimum Gasteiger partial charge on any atom is -0.347 e. The molecule has 0 radical (unpaired) electrons. The molecule has 0 aliphatic carbocycles. The fraction of sp³-hybridized carbons (Fsp3) is 0.114. The first-order chi connectivity index (χ1) is 19.7. The molecule has 0 fully saturated rings. The van der Waals surface area contributed by atoms with Crippen LogP contribution in [0.1, 0.15) is 33.4 Å². The van der Waals surface area contributed by atoms with Crippen LogP contribution in [0.5, 0.6) is 0 Å². The van der Waals surface area contributed by atoms with Crippen molar-refractivity contribution < 1.29 is 0 Å². The first-order valence-corrected chi connectivity index (χ1v) is 13.2. The second-order valence-electron chi connectivity index (χ2n) is 9.61. The second kappa shape index (κ2) is 12.9. The van der Waals surface area contributed by atoms with Gasteiger partial charge in [-0.15, -0.1) is 0 Å². The Balaban J connectivity index is 1.62. The number of nitrogens with zero attached hydrogens (tertiary/aromatic N) is 5. The molecule has 5 nitrogen and oxygen atoms in total. The van der Waals surface area contributed by atoms with Gasteiger partial charge >= 0.3 is 0 Å². The van der Waals surface area contributed by atoms with Crippen molar-refractivity contribution in [1.82, 2.24) is 4.98 Å². The summed E-state index contributed by atoms with van der Waals surface area (Å²) < 4.78 is 0. The van der Waals surface area contributed by atoms with Gasteiger partial charge in [-0.05, 0) is 28.3 Å². The van der Waals surface area contributed by atoms with Crippen LogP contribution in [0, 0.1) is 22.7 Å². The standard InChI is InChI=1S/C35H29N5/c36-22-32-21-33(23-37)35(40(26-30-17-9-3-10-18-30)27-31-19-11-4-12-20-31)38-34(32)39(24-28-13-5-1-6-14-28)25-29-15-7-2-8-16-29/h1-21H,24-27H2. The molecule has 5 aromatic rings. The van der Waals surface area contributed by atoms with E-state index in [4.69, 9.17) is 4.98 Å². The molecule has 0 aliphatic rings. The van der Waals surface area contributed by atoms with Gasteiger partial charge in [0.25, 0.3) is 0 Å². The van der Waals surface area contributed by atoms with E-state index >= 15 is 0 Å². The molecule has 0 saturated carbocycles. The van der Waals surface area contributed by atoms with E-state index in [2.05, 4.69) is 70.5 Å². The molecule has 0 unspecified atom stereocenters. The van der Waals surface area contributed by atoms with Crippen molar-refractivity contribution in [1.29, 1.82) is 10.5 Å². The first kappa shape index (κ1) is 26.2. The molecule has 40 heavy (non-hydrogen) atoms. The molecule has 0 atom stereocenters. The number of hydrogen-bond acceptors (Lipinski definition) is 5. The predicted octanol–water partition coefficient (Wildman–Crippen LogP) is 7.24. The van der Waals surface area contributed by atoms with Crippen molar-refractivity contribution in [2.45, 2.75) is 26.2 Å². The molecule has 1 heterocycles. The van der Waals surface area contributed by atoms with Gasteiger partial charge < -0.3 is 9.80 Å². The number of aromatic nitrogens is 1. The lowest BCUT2D eigenvalue weighted by atomic mass is 10.1. The van der Waals surface area contributed by atoms with Gasteiger partial charge in [-0.25, -0.2) is 4.98 Å². The summed E-state index contributed by atoms with van der Waals surface area (Å²) in [7, 11) is 0. The third-order valence-corrected chi connectivity index (χ3v) is 6.69. The predicted molar refractivity (Wildman–Crippen MR) is 159 cm³/mol. The molecule has 5 rings (SSSR count). The Morgan fingerprint density at radius 3 is 0.975 bits per heavy atom. The lowest BCUT2D eigenvalue weighted by Crippen LogP contribution is -2.28. The van der Waals surface area contributed by atoms with Gasteiger partial charge in [-0.2, -0.15) is 10.5 Å². The number of rotatable bonds is 10. The van der Waals surface area contributed by atoms with Gasteiger partial charge in [0.2, 0.25) is 0 Å². The highest BCUT2D eigenvalue weighted by atomic mass is 15.2. The van der Waals surface area contributed by atoms with E-state index in [0.29, 0.717) is 48.9 Å². The topological polar surface area (TPSA) is 67.0 Å². The van der Waals surface area contributed by atoms with Gasteiger partial charge in [0.1, 0.15) is 23.8 Å². The summed E-state index contributed by atoms with van der Waals surface area (Å²) >= 11 is 0. The van der Waals surface area contributed by atoms with Crippen molar-refractivity contribution in [3.05, 3.63) is 161 Å².